The van der Waals surface area contributed by atoms with E-state index in [1.807, 2.05) is 0 Å². The number of carbonyl (C=O) groups excluding carboxylic acids is 2. The van der Waals surface area contributed by atoms with Crippen molar-refractivity contribution in [2.24, 2.45) is 17.4 Å². The molecule has 0 aromatic carbocycles. The second-order valence-corrected chi connectivity index (χ2v) is 5.75. The van der Waals surface area contributed by atoms with E-state index in [1.165, 1.54) is 6.42 Å². The molecule has 7 heteroatoms. The van der Waals surface area contributed by atoms with Crippen molar-refractivity contribution >= 4 is 17.8 Å². The molecule has 1 rings (SSSR count). The van der Waals surface area contributed by atoms with Crippen LogP contribution >= 0.6 is 0 Å². The highest BCUT2D eigenvalue weighted by Crippen LogP contribution is 2.27. The summed E-state index contributed by atoms with van der Waals surface area (Å²) in [5.74, 6) is -1.78. The fraction of sp³-hybridized carbons (Fsp3) is 0.786. The Labute approximate surface area is 124 Å². The number of carboxylic acids is 1. The van der Waals surface area contributed by atoms with E-state index in [0.29, 0.717) is 12.3 Å². The summed E-state index contributed by atoms with van der Waals surface area (Å²) in [6, 6.07) is -1.83. The van der Waals surface area contributed by atoms with Crippen LogP contribution < -0.4 is 16.8 Å². The number of aliphatic carboxylic acids is 1. The molecule has 120 valence electrons. The zero-order chi connectivity index (χ0) is 15.8. The lowest BCUT2D eigenvalue weighted by molar-refractivity contribution is -0.142. The monoisotopic (exact) mass is 299 g/mol. The molecule has 0 radical (unpaired) electrons. The minimum absolute atomic E-state index is 0.00888. The van der Waals surface area contributed by atoms with Crippen LogP contribution in [-0.4, -0.2) is 35.0 Å². The Morgan fingerprint density at radius 1 is 1.19 bits per heavy atom. The van der Waals surface area contributed by atoms with Crippen LogP contribution in [0.5, 0.6) is 0 Å². The smallest absolute Gasteiger partial charge is 0.326 e. The van der Waals surface area contributed by atoms with Gasteiger partial charge in [-0.3, -0.25) is 9.59 Å². The predicted octanol–water partition coefficient (Wildman–Crippen LogP) is 0.119. The maximum atomic E-state index is 11.9. The molecule has 2 amide bonds. The number of rotatable bonds is 8. The number of amides is 2. The molecule has 1 fully saturated rings. The molecule has 0 heterocycles. The first-order valence-corrected chi connectivity index (χ1v) is 7.47. The van der Waals surface area contributed by atoms with Crippen molar-refractivity contribution in [2.45, 2.75) is 63.5 Å². The molecule has 1 aliphatic carbocycles. The summed E-state index contributed by atoms with van der Waals surface area (Å²) in [5.41, 5.74) is 10.6. The van der Waals surface area contributed by atoms with Crippen LogP contribution in [0, 0.1) is 5.92 Å². The molecule has 0 aliphatic heterocycles. The van der Waals surface area contributed by atoms with Gasteiger partial charge in [-0.25, -0.2) is 4.79 Å². The molecule has 21 heavy (non-hydrogen) atoms. The summed E-state index contributed by atoms with van der Waals surface area (Å²) in [6.45, 7) is 0. The summed E-state index contributed by atoms with van der Waals surface area (Å²) in [5, 5.41) is 11.7. The zero-order valence-corrected chi connectivity index (χ0v) is 12.2. The maximum Gasteiger partial charge on any atom is 0.326 e. The highest BCUT2D eigenvalue weighted by Gasteiger charge is 2.27. The molecule has 0 aromatic heterocycles. The topological polar surface area (TPSA) is 136 Å². The van der Waals surface area contributed by atoms with Crippen molar-refractivity contribution in [3.63, 3.8) is 0 Å². The third kappa shape index (κ3) is 6.57. The van der Waals surface area contributed by atoms with Gasteiger partial charge in [0.1, 0.15) is 6.04 Å². The SMILES string of the molecule is NC(=O)CC[C@H](N)C(=O)N[C@@H](CC1CCCCC1)C(=O)O. The van der Waals surface area contributed by atoms with E-state index in [2.05, 4.69) is 5.32 Å². The van der Waals surface area contributed by atoms with Gasteiger partial charge < -0.3 is 21.9 Å². The quantitative estimate of drug-likeness (QED) is 0.504. The van der Waals surface area contributed by atoms with Gasteiger partial charge in [-0.1, -0.05) is 32.1 Å². The van der Waals surface area contributed by atoms with Gasteiger partial charge in [-0.05, 0) is 18.8 Å². The largest absolute Gasteiger partial charge is 0.480 e. The van der Waals surface area contributed by atoms with Crippen molar-refractivity contribution in [1.29, 1.82) is 0 Å². The minimum atomic E-state index is -1.05. The summed E-state index contributed by atoms with van der Waals surface area (Å²) >= 11 is 0. The Morgan fingerprint density at radius 3 is 2.33 bits per heavy atom. The van der Waals surface area contributed by atoms with Crippen LogP contribution in [0.25, 0.3) is 0 Å². The molecule has 6 N–H and O–H groups in total. The highest BCUT2D eigenvalue weighted by atomic mass is 16.4. The number of carbonyl (C=O) groups is 3. The Hall–Kier alpha value is -1.63. The van der Waals surface area contributed by atoms with Crippen molar-refractivity contribution in [1.82, 2.24) is 5.32 Å². The molecule has 0 aromatic rings. The van der Waals surface area contributed by atoms with Gasteiger partial charge in [0, 0.05) is 6.42 Å². The number of hydrogen-bond donors (Lipinski definition) is 4. The Bertz CT molecular complexity index is 380. The van der Waals surface area contributed by atoms with E-state index in [9.17, 15) is 19.5 Å². The fourth-order valence-electron chi connectivity index (χ4n) is 2.69. The van der Waals surface area contributed by atoms with Crippen molar-refractivity contribution in [2.75, 3.05) is 0 Å². The molecular weight excluding hydrogens is 274 g/mol. The van der Waals surface area contributed by atoms with Gasteiger partial charge >= 0.3 is 5.97 Å². The molecule has 1 saturated carbocycles. The standard InChI is InChI=1S/C14H25N3O4/c15-10(6-7-12(16)18)13(19)17-11(14(20)21)8-9-4-2-1-3-5-9/h9-11H,1-8,15H2,(H2,16,18)(H,17,19)(H,20,21)/t10-,11-/m0/s1. The van der Waals surface area contributed by atoms with Gasteiger partial charge in [0.15, 0.2) is 0 Å². The van der Waals surface area contributed by atoms with E-state index in [1.54, 1.807) is 0 Å². The molecule has 0 unspecified atom stereocenters. The number of nitrogens with two attached hydrogens (primary N) is 2. The summed E-state index contributed by atoms with van der Waals surface area (Å²) < 4.78 is 0. The molecule has 0 spiro atoms. The average Bonchev–Trinajstić information content (AvgIpc) is 2.44. The number of nitrogens with one attached hydrogen (secondary N) is 1. The molecule has 1 aliphatic rings. The minimum Gasteiger partial charge on any atom is -0.480 e. The van der Waals surface area contributed by atoms with Crippen molar-refractivity contribution < 1.29 is 19.5 Å². The highest BCUT2D eigenvalue weighted by molar-refractivity contribution is 5.87. The zero-order valence-electron chi connectivity index (χ0n) is 12.2. The first kappa shape index (κ1) is 17.4. The third-order valence-corrected chi connectivity index (χ3v) is 3.95. The summed E-state index contributed by atoms with van der Waals surface area (Å²) in [7, 11) is 0. The van der Waals surface area contributed by atoms with Crippen LogP contribution in [0.15, 0.2) is 0 Å². The Morgan fingerprint density at radius 2 is 1.81 bits per heavy atom. The lowest BCUT2D eigenvalue weighted by Crippen LogP contribution is -2.49. The van der Waals surface area contributed by atoms with Crippen molar-refractivity contribution in [3.8, 4) is 0 Å². The molecule has 7 nitrogen and oxygen atoms in total. The van der Waals surface area contributed by atoms with Gasteiger partial charge in [0.25, 0.3) is 0 Å². The fourth-order valence-corrected chi connectivity index (χ4v) is 2.69. The lowest BCUT2D eigenvalue weighted by atomic mass is 9.85. The van der Waals surface area contributed by atoms with Crippen LogP contribution in [0.4, 0.5) is 0 Å². The lowest BCUT2D eigenvalue weighted by Gasteiger charge is -2.25. The van der Waals surface area contributed by atoms with E-state index in [-0.39, 0.29) is 12.8 Å². The van der Waals surface area contributed by atoms with Crippen LogP contribution in [-0.2, 0) is 14.4 Å². The Kier molecular flexibility index (Phi) is 7.14. The van der Waals surface area contributed by atoms with Crippen LogP contribution in [0.1, 0.15) is 51.4 Å². The second kappa shape index (κ2) is 8.61. The molecule has 0 bridgehead atoms. The normalized spacial score (nSPS) is 18.7. The first-order chi connectivity index (χ1) is 9.90. The van der Waals surface area contributed by atoms with Crippen LogP contribution in [0.3, 0.4) is 0 Å². The summed E-state index contributed by atoms with van der Waals surface area (Å²) in [4.78, 5) is 33.8. The van der Waals surface area contributed by atoms with Gasteiger partial charge in [-0.2, -0.15) is 0 Å². The van der Waals surface area contributed by atoms with E-state index in [4.69, 9.17) is 11.5 Å². The molecule has 0 saturated heterocycles. The van der Waals surface area contributed by atoms with Gasteiger partial charge in [0.05, 0.1) is 6.04 Å². The number of primary amides is 1. The maximum absolute atomic E-state index is 11.9. The van der Waals surface area contributed by atoms with Crippen LogP contribution in [0.2, 0.25) is 0 Å². The average molecular weight is 299 g/mol. The van der Waals surface area contributed by atoms with E-state index >= 15 is 0 Å². The van der Waals surface area contributed by atoms with Gasteiger partial charge in [0.2, 0.25) is 11.8 Å². The number of hydrogen-bond acceptors (Lipinski definition) is 4. The third-order valence-electron chi connectivity index (χ3n) is 3.95. The first-order valence-electron chi connectivity index (χ1n) is 7.47. The number of carboxylic acid groups (broad SMARTS) is 1. The van der Waals surface area contributed by atoms with E-state index < -0.39 is 29.9 Å². The second-order valence-electron chi connectivity index (χ2n) is 5.75. The predicted molar refractivity (Wildman–Crippen MR) is 77.2 cm³/mol. The molecule has 2 atom stereocenters. The summed E-state index contributed by atoms with van der Waals surface area (Å²) in [6.07, 6.45) is 6.00. The van der Waals surface area contributed by atoms with E-state index in [0.717, 1.165) is 25.7 Å². The Balaban J connectivity index is 2.46. The van der Waals surface area contributed by atoms with Gasteiger partial charge in [-0.15, -0.1) is 0 Å². The van der Waals surface area contributed by atoms with Crippen molar-refractivity contribution in [3.05, 3.63) is 0 Å². The molecular formula is C14H25N3O4.